The summed E-state index contributed by atoms with van der Waals surface area (Å²) in [5, 5.41) is 2.26. The van der Waals surface area contributed by atoms with Crippen molar-refractivity contribution in [3.63, 3.8) is 0 Å². The molecule has 1 aromatic carbocycles. The van der Waals surface area contributed by atoms with E-state index in [0.29, 0.717) is 5.01 Å². The second-order valence-corrected chi connectivity index (χ2v) is 5.63. The third kappa shape index (κ3) is 4.29. The van der Waals surface area contributed by atoms with Crippen molar-refractivity contribution in [2.45, 2.75) is 20.0 Å². The molecule has 2 rings (SSSR count). The number of esters is 1. The molecule has 1 amide bonds. The van der Waals surface area contributed by atoms with Crippen LogP contribution < -0.4 is 10.5 Å². The quantitative estimate of drug-likeness (QED) is 0.824. The number of hydrogen-bond acceptors (Lipinski definition) is 6. The van der Waals surface area contributed by atoms with Gasteiger partial charge in [0.2, 0.25) is 0 Å². The molecule has 0 fully saturated rings. The highest BCUT2D eigenvalue weighted by Crippen LogP contribution is 2.26. The van der Waals surface area contributed by atoms with Crippen LogP contribution >= 0.6 is 11.3 Å². The van der Waals surface area contributed by atoms with E-state index < -0.39 is 18.5 Å². The molecule has 1 heterocycles. The maximum atomic E-state index is 11.7. The highest BCUT2D eigenvalue weighted by molar-refractivity contribution is 7.13. The van der Waals surface area contributed by atoms with Crippen LogP contribution in [0.2, 0.25) is 0 Å². The molecule has 0 atom stereocenters. The number of carbonyl (C=O) groups is 2. The Bertz CT molecular complexity index is 664. The fourth-order valence-corrected chi connectivity index (χ4v) is 2.45. The van der Waals surface area contributed by atoms with Crippen molar-refractivity contribution in [2.24, 2.45) is 5.73 Å². The summed E-state index contributed by atoms with van der Waals surface area (Å²) in [4.78, 5) is 26.4. The zero-order chi connectivity index (χ0) is 16.1. The number of aromatic nitrogens is 1. The Balaban J connectivity index is 2.07. The average molecular weight is 320 g/mol. The molecule has 0 spiro atoms. The van der Waals surface area contributed by atoms with Gasteiger partial charge >= 0.3 is 5.97 Å². The van der Waals surface area contributed by atoms with E-state index in [9.17, 15) is 9.59 Å². The van der Waals surface area contributed by atoms with Gasteiger partial charge in [0, 0.05) is 10.9 Å². The van der Waals surface area contributed by atoms with Crippen LogP contribution in [0, 0.1) is 0 Å². The smallest absolute Gasteiger partial charge is 0.358 e. The molecule has 0 bridgehead atoms. The van der Waals surface area contributed by atoms with Gasteiger partial charge in [0.25, 0.3) is 5.91 Å². The Morgan fingerprint density at radius 3 is 2.55 bits per heavy atom. The predicted molar refractivity (Wildman–Crippen MR) is 82.8 cm³/mol. The third-order valence-corrected chi connectivity index (χ3v) is 3.42. The number of primary amides is 1. The summed E-state index contributed by atoms with van der Waals surface area (Å²) in [5.74, 6) is -0.595. The van der Waals surface area contributed by atoms with Crippen LogP contribution in [0.5, 0.6) is 5.75 Å². The SMILES string of the molecule is CC(C)Oc1ccc(-c2nc(C(=O)OCC(N)=O)cs2)cc1. The molecule has 2 aromatic rings. The van der Waals surface area contributed by atoms with Crippen molar-refractivity contribution in [2.75, 3.05) is 6.61 Å². The van der Waals surface area contributed by atoms with E-state index in [1.165, 1.54) is 11.3 Å². The summed E-state index contributed by atoms with van der Waals surface area (Å²) < 4.78 is 10.3. The first kappa shape index (κ1) is 16.0. The highest BCUT2D eigenvalue weighted by Gasteiger charge is 2.14. The monoisotopic (exact) mass is 320 g/mol. The van der Waals surface area contributed by atoms with Crippen LogP contribution in [0.4, 0.5) is 0 Å². The van der Waals surface area contributed by atoms with Crippen LogP contribution in [0.15, 0.2) is 29.6 Å². The fraction of sp³-hybridized carbons (Fsp3) is 0.267. The third-order valence-electron chi connectivity index (χ3n) is 2.53. The molecule has 0 saturated carbocycles. The molecule has 0 aliphatic heterocycles. The number of nitrogens with zero attached hydrogens (tertiary/aromatic N) is 1. The van der Waals surface area contributed by atoms with Crippen molar-refractivity contribution in [3.05, 3.63) is 35.3 Å². The van der Waals surface area contributed by atoms with E-state index in [4.69, 9.17) is 15.2 Å². The average Bonchev–Trinajstić information content (AvgIpc) is 2.94. The normalized spacial score (nSPS) is 10.5. The Labute approximate surface area is 131 Å². The summed E-state index contributed by atoms with van der Waals surface area (Å²) in [6.45, 7) is 3.46. The van der Waals surface area contributed by atoms with E-state index in [1.54, 1.807) is 5.38 Å². The molecular weight excluding hydrogens is 304 g/mol. The first-order valence-corrected chi connectivity index (χ1v) is 7.51. The Kier molecular flexibility index (Phi) is 5.11. The largest absolute Gasteiger partial charge is 0.491 e. The number of rotatable bonds is 6. The van der Waals surface area contributed by atoms with E-state index in [2.05, 4.69) is 4.98 Å². The molecule has 0 aliphatic rings. The number of benzene rings is 1. The number of thiazole rings is 1. The minimum Gasteiger partial charge on any atom is -0.491 e. The molecular formula is C15H16N2O4S. The second-order valence-electron chi connectivity index (χ2n) is 4.77. The van der Waals surface area contributed by atoms with Gasteiger partial charge in [-0.25, -0.2) is 9.78 Å². The maximum absolute atomic E-state index is 11.7. The van der Waals surface area contributed by atoms with Gasteiger partial charge in [-0.15, -0.1) is 11.3 Å². The lowest BCUT2D eigenvalue weighted by molar-refractivity contribution is -0.121. The Morgan fingerprint density at radius 2 is 1.95 bits per heavy atom. The molecule has 0 unspecified atom stereocenters. The molecule has 0 saturated heterocycles. The molecule has 22 heavy (non-hydrogen) atoms. The van der Waals surface area contributed by atoms with Gasteiger partial charge in [-0.2, -0.15) is 0 Å². The van der Waals surface area contributed by atoms with Crippen molar-refractivity contribution in [1.29, 1.82) is 0 Å². The summed E-state index contributed by atoms with van der Waals surface area (Å²) in [7, 11) is 0. The lowest BCUT2D eigenvalue weighted by atomic mass is 10.2. The topological polar surface area (TPSA) is 91.5 Å². The van der Waals surface area contributed by atoms with Crippen LogP contribution in [0.1, 0.15) is 24.3 Å². The van der Waals surface area contributed by atoms with E-state index in [0.717, 1.165) is 11.3 Å². The lowest BCUT2D eigenvalue weighted by Gasteiger charge is -2.09. The number of hydrogen-bond donors (Lipinski definition) is 1. The van der Waals surface area contributed by atoms with E-state index >= 15 is 0 Å². The van der Waals surface area contributed by atoms with Gasteiger partial charge in [-0.05, 0) is 38.1 Å². The van der Waals surface area contributed by atoms with Crippen LogP contribution in [-0.2, 0) is 9.53 Å². The summed E-state index contributed by atoms with van der Waals surface area (Å²) in [5.41, 5.74) is 5.94. The second kappa shape index (κ2) is 7.04. The first-order chi connectivity index (χ1) is 10.5. The van der Waals surface area contributed by atoms with Crippen LogP contribution in [-0.4, -0.2) is 29.6 Å². The van der Waals surface area contributed by atoms with Gasteiger partial charge in [0.05, 0.1) is 6.10 Å². The van der Waals surface area contributed by atoms with Crippen molar-refractivity contribution in [3.8, 4) is 16.3 Å². The minimum atomic E-state index is -0.704. The summed E-state index contributed by atoms with van der Waals surface area (Å²) >= 11 is 1.32. The minimum absolute atomic E-state index is 0.109. The van der Waals surface area contributed by atoms with Crippen molar-refractivity contribution >= 4 is 23.2 Å². The zero-order valence-electron chi connectivity index (χ0n) is 12.2. The van der Waals surface area contributed by atoms with Gasteiger partial charge in [0.1, 0.15) is 10.8 Å². The number of ether oxygens (including phenoxy) is 2. The number of carbonyl (C=O) groups excluding carboxylic acids is 2. The highest BCUT2D eigenvalue weighted by atomic mass is 32.1. The zero-order valence-corrected chi connectivity index (χ0v) is 13.1. The number of nitrogens with two attached hydrogens (primary N) is 1. The van der Waals surface area contributed by atoms with Gasteiger partial charge in [-0.3, -0.25) is 4.79 Å². The van der Waals surface area contributed by atoms with Crippen LogP contribution in [0.3, 0.4) is 0 Å². The van der Waals surface area contributed by atoms with E-state index in [-0.39, 0.29) is 11.8 Å². The molecule has 0 aliphatic carbocycles. The number of amides is 1. The molecule has 7 heteroatoms. The van der Waals surface area contributed by atoms with Crippen molar-refractivity contribution in [1.82, 2.24) is 4.98 Å². The molecule has 1 aromatic heterocycles. The summed E-state index contributed by atoms with van der Waals surface area (Å²) in [6, 6.07) is 7.44. The molecule has 116 valence electrons. The molecule has 6 nitrogen and oxygen atoms in total. The standard InChI is InChI=1S/C15H16N2O4S/c1-9(2)21-11-5-3-10(4-6-11)14-17-12(8-22-14)15(19)20-7-13(16)18/h3-6,8-9H,7H2,1-2H3,(H2,16,18). The van der Waals surface area contributed by atoms with Crippen LogP contribution in [0.25, 0.3) is 10.6 Å². The van der Waals surface area contributed by atoms with Gasteiger partial charge in [0.15, 0.2) is 12.3 Å². The Hall–Kier alpha value is -2.41. The molecule has 0 radical (unpaired) electrons. The fourth-order valence-electron chi connectivity index (χ4n) is 1.66. The van der Waals surface area contributed by atoms with E-state index in [1.807, 2.05) is 38.1 Å². The maximum Gasteiger partial charge on any atom is 0.358 e. The predicted octanol–water partition coefficient (Wildman–Crippen LogP) is 2.24. The Morgan fingerprint density at radius 1 is 1.27 bits per heavy atom. The first-order valence-electron chi connectivity index (χ1n) is 6.63. The molecule has 2 N–H and O–H groups in total. The van der Waals surface area contributed by atoms with Gasteiger partial charge < -0.3 is 15.2 Å². The van der Waals surface area contributed by atoms with Gasteiger partial charge in [-0.1, -0.05) is 0 Å². The van der Waals surface area contributed by atoms with Crippen molar-refractivity contribution < 1.29 is 19.1 Å². The lowest BCUT2D eigenvalue weighted by Crippen LogP contribution is -2.21. The summed E-state index contributed by atoms with van der Waals surface area (Å²) in [6.07, 6.45) is 0.109.